The van der Waals surface area contributed by atoms with E-state index in [9.17, 15) is 0 Å². The van der Waals surface area contributed by atoms with Crippen LogP contribution in [0.4, 0.5) is 0 Å². The van der Waals surface area contributed by atoms with Gasteiger partial charge < -0.3 is 0 Å². The highest BCUT2D eigenvalue weighted by atomic mass is 32.2. The monoisotopic (exact) mass is 168 g/mol. The van der Waals surface area contributed by atoms with E-state index in [1.54, 1.807) is 5.57 Å². The van der Waals surface area contributed by atoms with E-state index < -0.39 is 0 Å². The molecule has 1 heterocycles. The van der Waals surface area contributed by atoms with Crippen LogP contribution >= 0.6 is 11.8 Å². The highest BCUT2D eigenvalue weighted by Gasteiger charge is 2.05. The summed E-state index contributed by atoms with van der Waals surface area (Å²) in [5.74, 6) is 1.22. The van der Waals surface area contributed by atoms with Crippen molar-refractivity contribution >= 4 is 11.8 Å². The molecule has 1 aliphatic rings. The molecule has 0 saturated carbocycles. The molecule has 0 nitrogen and oxygen atoms in total. The summed E-state index contributed by atoms with van der Waals surface area (Å²) in [4.78, 5) is 0. The molecule has 1 aliphatic heterocycles. The summed E-state index contributed by atoms with van der Waals surface area (Å²) in [5, 5.41) is 0.746. The fraction of sp³-hybridized carbons (Fsp3) is 0.600. The second-order valence-corrected chi connectivity index (χ2v) is 4.05. The minimum atomic E-state index is 0.746. The van der Waals surface area contributed by atoms with Crippen molar-refractivity contribution < 1.29 is 0 Å². The topological polar surface area (TPSA) is 0 Å². The molecule has 0 aromatic rings. The summed E-state index contributed by atoms with van der Waals surface area (Å²) in [6.07, 6.45) is 9.25. The normalized spacial score (nSPS) is 24.5. The van der Waals surface area contributed by atoms with E-state index in [4.69, 9.17) is 0 Å². The first-order chi connectivity index (χ1) is 5.36. The van der Waals surface area contributed by atoms with Gasteiger partial charge in [0, 0.05) is 11.0 Å². The predicted octanol–water partition coefficient (Wildman–Crippen LogP) is 3.40. The maximum atomic E-state index is 2.31. The third-order valence-corrected chi connectivity index (χ3v) is 3.45. The second-order valence-electron chi connectivity index (χ2n) is 2.82. The molecule has 0 bridgehead atoms. The molecule has 62 valence electrons. The molecule has 0 saturated heterocycles. The fourth-order valence-electron chi connectivity index (χ4n) is 1.11. The molecule has 1 atom stereocenters. The van der Waals surface area contributed by atoms with Gasteiger partial charge in [-0.05, 0) is 12.8 Å². The Morgan fingerprint density at radius 1 is 1.55 bits per heavy atom. The van der Waals surface area contributed by atoms with Crippen molar-refractivity contribution in [3.8, 4) is 0 Å². The van der Waals surface area contributed by atoms with Crippen LogP contribution in [0, 0.1) is 0 Å². The van der Waals surface area contributed by atoms with Crippen molar-refractivity contribution in [3.05, 3.63) is 23.8 Å². The molecule has 0 radical (unpaired) electrons. The minimum absolute atomic E-state index is 0.746. The van der Waals surface area contributed by atoms with Gasteiger partial charge in [-0.2, -0.15) is 0 Å². The number of hydrogen-bond donors (Lipinski definition) is 0. The van der Waals surface area contributed by atoms with Crippen molar-refractivity contribution in [2.45, 2.75) is 31.9 Å². The first-order valence-electron chi connectivity index (χ1n) is 4.34. The Balaban J connectivity index is 2.48. The Morgan fingerprint density at radius 3 is 3.00 bits per heavy atom. The van der Waals surface area contributed by atoms with Crippen LogP contribution in [0.5, 0.6) is 0 Å². The Hall–Kier alpha value is -0.170. The van der Waals surface area contributed by atoms with E-state index in [-0.39, 0.29) is 0 Å². The summed E-state index contributed by atoms with van der Waals surface area (Å²) in [7, 11) is 0. The molecule has 0 aliphatic carbocycles. The lowest BCUT2D eigenvalue weighted by Gasteiger charge is -2.07. The SMILES string of the molecule is CCC1=CC=CC(CC)SC1. The lowest BCUT2D eigenvalue weighted by Crippen LogP contribution is -1.96. The van der Waals surface area contributed by atoms with Crippen LogP contribution in [-0.2, 0) is 0 Å². The second kappa shape index (κ2) is 4.66. The third-order valence-electron chi connectivity index (χ3n) is 2.00. The molecule has 0 aromatic carbocycles. The maximum Gasteiger partial charge on any atom is 0.0230 e. The van der Waals surface area contributed by atoms with Crippen LogP contribution in [-0.4, -0.2) is 11.0 Å². The number of hydrogen-bond acceptors (Lipinski definition) is 1. The zero-order valence-corrected chi connectivity index (χ0v) is 8.16. The van der Waals surface area contributed by atoms with Crippen LogP contribution in [0.15, 0.2) is 23.8 Å². The average Bonchev–Trinajstić information content (AvgIpc) is 2.28. The van der Waals surface area contributed by atoms with E-state index in [0.29, 0.717) is 0 Å². The molecule has 1 heteroatoms. The van der Waals surface area contributed by atoms with Crippen molar-refractivity contribution in [2.24, 2.45) is 0 Å². The van der Waals surface area contributed by atoms with Crippen LogP contribution in [0.25, 0.3) is 0 Å². The minimum Gasteiger partial charge on any atom is -0.150 e. The molecule has 1 unspecified atom stereocenters. The predicted molar refractivity (Wildman–Crippen MR) is 54.1 cm³/mol. The van der Waals surface area contributed by atoms with Crippen LogP contribution in [0.3, 0.4) is 0 Å². The largest absolute Gasteiger partial charge is 0.150 e. The van der Waals surface area contributed by atoms with E-state index >= 15 is 0 Å². The van der Waals surface area contributed by atoms with Crippen LogP contribution in [0.2, 0.25) is 0 Å². The molecule has 0 fully saturated rings. The van der Waals surface area contributed by atoms with Gasteiger partial charge in [0.15, 0.2) is 0 Å². The van der Waals surface area contributed by atoms with Gasteiger partial charge in [-0.15, -0.1) is 11.8 Å². The van der Waals surface area contributed by atoms with E-state index in [2.05, 4.69) is 43.8 Å². The number of allylic oxidation sites excluding steroid dienone is 2. The first kappa shape index (κ1) is 8.92. The molecule has 0 amide bonds. The summed E-state index contributed by atoms with van der Waals surface area (Å²) in [6, 6.07) is 0. The van der Waals surface area contributed by atoms with Crippen molar-refractivity contribution in [1.82, 2.24) is 0 Å². The van der Waals surface area contributed by atoms with Gasteiger partial charge in [-0.3, -0.25) is 0 Å². The van der Waals surface area contributed by atoms with Gasteiger partial charge >= 0.3 is 0 Å². The zero-order valence-electron chi connectivity index (χ0n) is 7.34. The summed E-state index contributed by atoms with van der Waals surface area (Å²) in [6.45, 7) is 4.48. The molecule has 0 N–H and O–H groups in total. The van der Waals surface area contributed by atoms with Gasteiger partial charge in [-0.25, -0.2) is 0 Å². The average molecular weight is 168 g/mol. The molecule has 0 spiro atoms. The van der Waals surface area contributed by atoms with Crippen LogP contribution < -0.4 is 0 Å². The number of thioether (sulfide) groups is 1. The van der Waals surface area contributed by atoms with Gasteiger partial charge in [-0.1, -0.05) is 37.6 Å². The van der Waals surface area contributed by atoms with Crippen molar-refractivity contribution in [1.29, 1.82) is 0 Å². The van der Waals surface area contributed by atoms with Gasteiger partial charge in [0.25, 0.3) is 0 Å². The smallest absolute Gasteiger partial charge is 0.0230 e. The van der Waals surface area contributed by atoms with Gasteiger partial charge in [0.1, 0.15) is 0 Å². The lowest BCUT2D eigenvalue weighted by atomic mass is 10.2. The molecule has 0 aromatic heterocycles. The fourth-order valence-corrected chi connectivity index (χ4v) is 2.27. The zero-order chi connectivity index (χ0) is 8.10. The molecule has 1 rings (SSSR count). The summed E-state index contributed by atoms with van der Waals surface area (Å²) >= 11 is 2.06. The maximum absolute atomic E-state index is 2.31. The lowest BCUT2D eigenvalue weighted by molar-refractivity contribution is 0.978. The van der Waals surface area contributed by atoms with Gasteiger partial charge in [0.2, 0.25) is 0 Å². The Bertz CT molecular complexity index is 168. The molecular formula is C10H16S. The van der Waals surface area contributed by atoms with Crippen LogP contribution in [0.1, 0.15) is 26.7 Å². The highest BCUT2D eigenvalue weighted by Crippen LogP contribution is 2.23. The molecular weight excluding hydrogens is 152 g/mol. The highest BCUT2D eigenvalue weighted by molar-refractivity contribution is 8.00. The Morgan fingerprint density at radius 2 is 2.36 bits per heavy atom. The van der Waals surface area contributed by atoms with Gasteiger partial charge in [0.05, 0.1) is 0 Å². The summed E-state index contributed by atoms with van der Waals surface area (Å²) < 4.78 is 0. The molecule has 11 heavy (non-hydrogen) atoms. The summed E-state index contributed by atoms with van der Waals surface area (Å²) in [5.41, 5.74) is 1.57. The van der Waals surface area contributed by atoms with E-state index in [1.807, 2.05) is 0 Å². The number of rotatable bonds is 2. The quantitative estimate of drug-likeness (QED) is 0.609. The Labute approximate surface area is 73.8 Å². The van der Waals surface area contributed by atoms with Crippen molar-refractivity contribution in [2.75, 3.05) is 5.75 Å². The van der Waals surface area contributed by atoms with E-state index in [1.165, 1.54) is 18.6 Å². The third kappa shape index (κ3) is 2.74. The Kier molecular flexibility index (Phi) is 3.78. The first-order valence-corrected chi connectivity index (χ1v) is 5.39. The van der Waals surface area contributed by atoms with Crippen molar-refractivity contribution in [3.63, 3.8) is 0 Å². The standard InChI is InChI=1S/C10H16S/c1-3-9-6-5-7-10(4-2)11-8-9/h5-7,10H,3-4,8H2,1-2H3. The van der Waals surface area contributed by atoms with E-state index in [0.717, 1.165) is 5.25 Å².